The summed E-state index contributed by atoms with van der Waals surface area (Å²) in [5.41, 5.74) is 1.16. The Morgan fingerprint density at radius 3 is 2.48 bits per heavy atom. The molecule has 23 heavy (non-hydrogen) atoms. The summed E-state index contributed by atoms with van der Waals surface area (Å²) >= 11 is 4.64. The summed E-state index contributed by atoms with van der Waals surface area (Å²) < 4.78 is 16.3. The molecule has 1 unspecified atom stereocenters. The van der Waals surface area contributed by atoms with Gasteiger partial charge in [-0.05, 0) is 58.2 Å². The molecule has 0 spiro atoms. The van der Waals surface area contributed by atoms with Crippen LogP contribution in [-0.2, 0) is 11.4 Å². The van der Waals surface area contributed by atoms with Crippen LogP contribution < -0.4 is 4.72 Å². The van der Waals surface area contributed by atoms with Gasteiger partial charge < -0.3 is 4.55 Å². The Morgan fingerprint density at radius 1 is 1.26 bits per heavy atom. The molecule has 0 heterocycles. The molecule has 0 bridgehead atoms. The zero-order valence-corrected chi connectivity index (χ0v) is 17.7. The molecule has 0 aliphatic heterocycles. The van der Waals surface area contributed by atoms with Crippen LogP contribution in [-0.4, -0.2) is 14.5 Å². The number of halogens is 1. The van der Waals surface area contributed by atoms with Gasteiger partial charge in [-0.1, -0.05) is 41.3 Å². The minimum atomic E-state index is -1.06. The van der Waals surface area contributed by atoms with E-state index >= 15 is 0 Å². The maximum absolute atomic E-state index is 12.3. The molecule has 1 fully saturated rings. The van der Waals surface area contributed by atoms with E-state index < -0.39 is 11.4 Å². The van der Waals surface area contributed by atoms with Crippen LogP contribution in [0.25, 0.3) is 0 Å². The number of benzene rings is 1. The van der Waals surface area contributed by atoms with Gasteiger partial charge in [0.2, 0.25) is 0 Å². The van der Waals surface area contributed by atoms with Crippen LogP contribution in [0.5, 0.6) is 0 Å². The van der Waals surface area contributed by atoms with Gasteiger partial charge in [-0.3, -0.25) is 0 Å². The lowest BCUT2D eigenvalue weighted by Crippen LogP contribution is -2.40. The molecule has 1 N–H and O–H groups in total. The van der Waals surface area contributed by atoms with Crippen molar-refractivity contribution in [1.82, 2.24) is 4.72 Å². The van der Waals surface area contributed by atoms with Crippen molar-refractivity contribution >= 4 is 39.1 Å². The zero-order valence-electron chi connectivity index (χ0n) is 14.5. The summed E-state index contributed by atoms with van der Waals surface area (Å²) in [6.45, 7) is 8.03. The maximum Gasteiger partial charge on any atom is 0.136 e. The average Bonchev–Trinajstić information content (AvgIpc) is 2.47. The number of thioether (sulfide) groups is 1. The van der Waals surface area contributed by atoms with Crippen molar-refractivity contribution in [1.29, 1.82) is 0 Å². The highest BCUT2D eigenvalue weighted by Crippen LogP contribution is 2.36. The zero-order chi connectivity index (χ0) is 17.0. The van der Waals surface area contributed by atoms with Crippen molar-refractivity contribution in [2.24, 2.45) is 0 Å². The third-order valence-corrected chi connectivity index (χ3v) is 7.83. The number of rotatable bonds is 5. The molecule has 1 aromatic rings. The van der Waals surface area contributed by atoms with Crippen LogP contribution in [0.4, 0.5) is 0 Å². The molecule has 1 aromatic carbocycles. The van der Waals surface area contributed by atoms with Crippen LogP contribution in [0.15, 0.2) is 27.6 Å². The van der Waals surface area contributed by atoms with Crippen LogP contribution in [0.1, 0.15) is 71.4 Å². The molecule has 1 aliphatic carbocycles. The first-order valence-corrected chi connectivity index (χ1v) is 11.2. The molecule has 2 rings (SSSR count). The lowest BCUT2D eigenvalue weighted by molar-refractivity contribution is 0.516. The van der Waals surface area contributed by atoms with Crippen molar-refractivity contribution in [2.75, 3.05) is 0 Å². The van der Waals surface area contributed by atoms with Gasteiger partial charge in [-0.2, -0.15) is 0 Å². The van der Waals surface area contributed by atoms with Gasteiger partial charge in [0.25, 0.3) is 0 Å². The number of hydrogen-bond donors (Lipinski definition) is 1. The molecule has 0 saturated heterocycles. The fourth-order valence-corrected chi connectivity index (χ4v) is 5.67. The fourth-order valence-electron chi connectivity index (χ4n) is 2.71. The molecule has 1 aliphatic rings. The second-order valence-electron chi connectivity index (χ2n) is 7.28. The van der Waals surface area contributed by atoms with Gasteiger partial charge >= 0.3 is 0 Å². The molecule has 5 heteroatoms. The Kier molecular flexibility index (Phi) is 7.36. The number of nitrogens with one attached hydrogen (secondary N) is 1. The largest absolute Gasteiger partial charge is 0.598 e. The molecule has 1 saturated carbocycles. The molecule has 0 aromatic heterocycles. The summed E-state index contributed by atoms with van der Waals surface area (Å²) in [5.74, 6) is 0. The second kappa shape index (κ2) is 8.61. The quantitative estimate of drug-likeness (QED) is 0.597. The van der Waals surface area contributed by atoms with Crippen molar-refractivity contribution in [3.05, 3.63) is 28.2 Å². The lowest BCUT2D eigenvalue weighted by Gasteiger charge is -2.27. The molecule has 0 radical (unpaired) electrons. The highest BCUT2D eigenvalue weighted by atomic mass is 79.9. The van der Waals surface area contributed by atoms with E-state index in [1.807, 2.05) is 32.5 Å². The van der Waals surface area contributed by atoms with Gasteiger partial charge in [0.15, 0.2) is 0 Å². The van der Waals surface area contributed by atoms with Crippen molar-refractivity contribution < 1.29 is 4.55 Å². The van der Waals surface area contributed by atoms with Crippen LogP contribution in [0.3, 0.4) is 0 Å². The second-order valence-corrected chi connectivity index (χ2v) is 11.5. The molecular weight excluding hydrogens is 390 g/mol. The molecular formula is C18H28BrNOS2. The Morgan fingerprint density at radius 2 is 1.91 bits per heavy atom. The third kappa shape index (κ3) is 5.96. The van der Waals surface area contributed by atoms with E-state index in [1.54, 1.807) is 0 Å². The number of hydrogen-bond acceptors (Lipinski definition) is 3. The predicted molar refractivity (Wildman–Crippen MR) is 106 cm³/mol. The minimum Gasteiger partial charge on any atom is -0.598 e. The van der Waals surface area contributed by atoms with Gasteiger partial charge in [0.1, 0.15) is 4.75 Å². The fraction of sp³-hybridized carbons (Fsp3) is 0.667. The summed E-state index contributed by atoms with van der Waals surface area (Å²) in [7, 11) is 0. The Hall–Kier alpha value is 0.320. The molecule has 0 amide bonds. The van der Waals surface area contributed by atoms with Crippen molar-refractivity contribution in [3.8, 4) is 0 Å². The first-order valence-electron chi connectivity index (χ1n) is 8.41. The summed E-state index contributed by atoms with van der Waals surface area (Å²) in [5, 5.41) is 0.769. The normalized spacial score (nSPS) is 19.6. The Bertz CT molecular complexity index is 512. The minimum absolute atomic E-state index is 0.0539. The van der Waals surface area contributed by atoms with Gasteiger partial charge in [0.05, 0.1) is 6.04 Å². The van der Waals surface area contributed by atoms with Crippen LogP contribution in [0, 0.1) is 0 Å². The predicted octanol–water partition coefficient (Wildman–Crippen LogP) is 5.99. The van der Waals surface area contributed by atoms with E-state index in [4.69, 9.17) is 0 Å². The van der Waals surface area contributed by atoms with E-state index in [9.17, 15) is 4.55 Å². The topological polar surface area (TPSA) is 35.1 Å². The SMILES string of the molecule is C[C@H](N[S+]([O-])C(C)(C)C)c1ccc(SC2CCCCC2)cc1Br. The van der Waals surface area contributed by atoms with Gasteiger partial charge in [-0.25, -0.2) is 0 Å². The first-order chi connectivity index (χ1) is 10.8. The summed E-state index contributed by atoms with van der Waals surface area (Å²) in [6, 6.07) is 6.63. The average molecular weight is 418 g/mol. The van der Waals surface area contributed by atoms with Crippen molar-refractivity contribution in [3.63, 3.8) is 0 Å². The smallest absolute Gasteiger partial charge is 0.136 e. The third-order valence-electron chi connectivity index (χ3n) is 4.13. The first kappa shape index (κ1) is 19.6. The standard InChI is InChI=1S/C18H28BrNOS2/c1-13(20-23(21)18(2,3)4)16-11-10-15(12-17(16)19)22-14-8-6-5-7-9-14/h10-14,20H,5-9H2,1-4H3/t13-,23?/m0/s1. The van der Waals surface area contributed by atoms with E-state index in [-0.39, 0.29) is 10.8 Å². The van der Waals surface area contributed by atoms with E-state index in [1.165, 1.54) is 37.0 Å². The monoisotopic (exact) mass is 417 g/mol. The Labute approximate surface area is 157 Å². The van der Waals surface area contributed by atoms with Crippen molar-refractivity contribution in [2.45, 2.75) is 80.7 Å². The summed E-state index contributed by atoms with van der Waals surface area (Å²) in [4.78, 5) is 1.33. The highest BCUT2D eigenvalue weighted by Gasteiger charge is 2.28. The molecule has 2 atom stereocenters. The maximum atomic E-state index is 12.3. The molecule has 130 valence electrons. The summed E-state index contributed by atoms with van der Waals surface area (Å²) in [6.07, 6.45) is 6.82. The van der Waals surface area contributed by atoms with Gasteiger partial charge in [0, 0.05) is 26.0 Å². The van der Waals surface area contributed by atoms with Gasteiger partial charge in [-0.15, -0.1) is 16.5 Å². The molecule has 2 nitrogen and oxygen atoms in total. The van der Waals surface area contributed by atoms with E-state index in [2.05, 4.69) is 45.8 Å². The lowest BCUT2D eigenvalue weighted by atomic mass is 10.0. The van der Waals surface area contributed by atoms with Crippen LogP contribution >= 0.6 is 27.7 Å². The van der Waals surface area contributed by atoms with E-state index in [0.717, 1.165) is 15.3 Å². The van der Waals surface area contributed by atoms with Crippen LogP contribution in [0.2, 0.25) is 0 Å². The Balaban J connectivity index is 2.00. The van der Waals surface area contributed by atoms with E-state index in [0.29, 0.717) is 0 Å². The highest BCUT2D eigenvalue weighted by molar-refractivity contribution is 9.10.